The van der Waals surface area contributed by atoms with E-state index in [1.807, 2.05) is 66.3 Å². The first-order valence-electron chi connectivity index (χ1n) is 9.14. The lowest BCUT2D eigenvalue weighted by atomic mass is 10.0. The molecule has 28 heavy (non-hydrogen) atoms. The Morgan fingerprint density at radius 1 is 1.11 bits per heavy atom. The fourth-order valence-electron chi connectivity index (χ4n) is 3.09. The molecule has 0 radical (unpaired) electrons. The van der Waals surface area contributed by atoms with Gasteiger partial charge in [-0.15, -0.1) is 0 Å². The molecule has 1 aromatic heterocycles. The van der Waals surface area contributed by atoms with Crippen molar-refractivity contribution in [3.8, 4) is 11.5 Å². The van der Waals surface area contributed by atoms with Gasteiger partial charge in [0.25, 0.3) is 0 Å². The monoisotopic (exact) mass is 379 g/mol. The number of methoxy groups -OCH3 is 2. The SMILES string of the molecule is COc1cccc(CCC(=O)NC(c2cccc(OC)c2)c2nccn2C)c1. The zero-order chi connectivity index (χ0) is 19.9. The van der Waals surface area contributed by atoms with Gasteiger partial charge in [-0.25, -0.2) is 4.98 Å². The van der Waals surface area contributed by atoms with E-state index in [0.29, 0.717) is 12.8 Å². The van der Waals surface area contributed by atoms with E-state index in [2.05, 4.69) is 10.3 Å². The summed E-state index contributed by atoms with van der Waals surface area (Å²) in [6.45, 7) is 0. The third kappa shape index (κ3) is 4.71. The Labute approximate surface area is 165 Å². The summed E-state index contributed by atoms with van der Waals surface area (Å²) in [5, 5.41) is 3.12. The number of amides is 1. The highest BCUT2D eigenvalue weighted by Crippen LogP contribution is 2.24. The summed E-state index contributed by atoms with van der Waals surface area (Å²) < 4.78 is 12.5. The molecule has 3 aromatic rings. The molecule has 0 aliphatic carbocycles. The van der Waals surface area contributed by atoms with E-state index in [1.165, 1.54) is 0 Å². The second-order valence-corrected chi connectivity index (χ2v) is 6.53. The number of hydrogen-bond acceptors (Lipinski definition) is 4. The first-order valence-corrected chi connectivity index (χ1v) is 9.14. The van der Waals surface area contributed by atoms with E-state index >= 15 is 0 Å². The second-order valence-electron chi connectivity index (χ2n) is 6.53. The largest absolute Gasteiger partial charge is 0.497 e. The van der Waals surface area contributed by atoms with Crippen LogP contribution < -0.4 is 14.8 Å². The number of nitrogens with zero attached hydrogens (tertiary/aromatic N) is 2. The molecule has 0 fully saturated rings. The number of aryl methyl sites for hydroxylation is 2. The average molecular weight is 379 g/mol. The van der Waals surface area contributed by atoms with Crippen LogP contribution in [0.5, 0.6) is 11.5 Å². The maximum atomic E-state index is 12.7. The Bertz CT molecular complexity index is 936. The number of ether oxygens (including phenoxy) is 2. The van der Waals surface area contributed by atoms with Gasteiger partial charge in [-0.2, -0.15) is 0 Å². The van der Waals surface area contributed by atoms with Gasteiger partial charge in [0.15, 0.2) is 0 Å². The minimum Gasteiger partial charge on any atom is -0.497 e. The highest BCUT2D eigenvalue weighted by molar-refractivity contribution is 5.77. The Morgan fingerprint density at radius 2 is 1.82 bits per heavy atom. The van der Waals surface area contributed by atoms with Crippen LogP contribution in [-0.2, 0) is 18.3 Å². The van der Waals surface area contributed by atoms with E-state index in [1.54, 1.807) is 20.4 Å². The lowest BCUT2D eigenvalue weighted by Gasteiger charge is -2.20. The summed E-state index contributed by atoms with van der Waals surface area (Å²) in [4.78, 5) is 17.1. The topological polar surface area (TPSA) is 65.4 Å². The van der Waals surface area contributed by atoms with E-state index in [9.17, 15) is 4.79 Å². The number of carbonyl (C=O) groups is 1. The molecule has 0 spiro atoms. The van der Waals surface area contributed by atoms with Crippen molar-refractivity contribution in [1.82, 2.24) is 14.9 Å². The van der Waals surface area contributed by atoms with Crippen molar-refractivity contribution in [3.05, 3.63) is 77.9 Å². The molecule has 1 atom stereocenters. The van der Waals surface area contributed by atoms with Crippen LogP contribution in [0.1, 0.15) is 29.4 Å². The molecule has 2 aromatic carbocycles. The highest BCUT2D eigenvalue weighted by Gasteiger charge is 2.21. The number of benzene rings is 2. The summed E-state index contributed by atoms with van der Waals surface area (Å²) in [5.41, 5.74) is 1.98. The normalized spacial score (nSPS) is 11.7. The van der Waals surface area contributed by atoms with Gasteiger partial charge in [0, 0.05) is 25.9 Å². The van der Waals surface area contributed by atoms with Gasteiger partial charge in [-0.1, -0.05) is 24.3 Å². The Kier molecular flexibility index (Phi) is 6.32. The minimum atomic E-state index is -0.354. The van der Waals surface area contributed by atoms with E-state index in [-0.39, 0.29) is 11.9 Å². The van der Waals surface area contributed by atoms with Gasteiger partial charge >= 0.3 is 0 Å². The lowest BCUT2D eigenvalue weighted by Crippen LogP contribution is -2.31. The standard InChI is InChI=1S/C22H25N3O3/c1-25-13-12-23-22(25)21(17-7-5-9-19(15-17)28-3)24-20(26)11-10-16-6-4-8-18(14-16)27-2/h4-9,12-15,21H,10-11H2,1-3H3,(H,24,26). The molecule has 0 aliphatic rings. The van der Waals surface area contributed by atoms with Crippen LogP contribution >= 0.6 is 0 Å². The number of rotatable bonds is 8. The molecule has 6 nitrogen and oxygen atoms in total. The van der Waals surface area contributed by atoms with Crippen LogP contribution in [0.25, 0.3) is 0 Å². The lowest BCUT2D eigenvalue weighted by molar-refractivity contribution is -0.121. The predicted molar refractivity (Wildman–Crippen MR) is 108 cm³/mol. The molecule has 0 saturated carbocycles. The van der Waals surface area contributed by atoms with Crippen LogP contribution in [0.15, 0.2) is 60.9 Å². The molecule has 1 N–H and O–H groups in total. The Balaban J connectivity index is 1.75. The van der Waals surface area contributed by atoms with Gasteiger partial charge in [0.1, 0.15) is 23.4 Å². The first kappa shape index (κ1) is 19.5. The highest BCUT2D eigenvalue weighted by atomic mass is 16.5. The quantitative estimate of drug-likeness (QED) is 0.652. The Morgan fingerprint density at radius 3 is 2.50 bits per heavy atom. The summed E-state index contributed by atoms with van der Waals surface area (Å²) in [6.07, 6.45) is 4.60. The maximum Gasteiger partial charge on any atom is 0.221 e. The zero-order valence-electron chi connectivity index (χ0n) is 16.4. The molecule has 3 rings (SSSR count). The fraction of sp³-hybridized carbons (Fsp3) is 0.273. The van der Waals surface area contributed by atoms with Crippen LogP contribution in [0, 0.1) is 0 Å². The molecule has 146 valence electrons. The second kappa shape index (κ2) is 9.08. The molecule has 1 amide bonds. The number of carbonyl (C=O) groups excluding carboxylic acids is 1. The zero-order valence-corrected chi connectivity index (χ0v) is 16.4. The van der Waals surface area contributed by atoms with Gasteiger partial charge in [-0.3, -0.25) is 4.79 Å². The van der Waals surface area contributed by atoms with Crippen molar-refractivity contribution in [2.45, 2.75) is 18.9 Å². The van der Waals surface area contributed by atoms with E-state index < -0.39 is 0 Å². The van der Waals surface area contributed by atoms with Gasteiger partial charge < -0.3 is 19.4 Å². The van der Waals surface area contributed by atoms with Crippen molar-refractivity contribution in [2.75, 3.05) is 14.2 Å². The average Bonchev–Trinajstić information content (AvgIpc) is 3.16. The van der Waals surface area contributed by atoms with Crippen LogP contribution in [-0.4, -0.2) is 29.7 Å². The van der Waals surface area contributed by atoms with Crippen LogP contribution in [0.3, 0.4) is 0 Å². The van der Waals surface area contributed by atoms with Crippen molar-refractivity contribution in [2.24, 2.45) is 7.05 Å². The van der Waals surface area contributed by atoms with Crippen molar-refractivity contribution in [1.29, 1.82) is 0 Å². The molecule has 6 heteroatoms. The number of hydrogen-bond donors (Lipinski definition) is 1. The number of imidazole rings is 1. The molecular formula is C22H25N3O3. The van der Waals surface area contributed by atoms with Gasteiger partial charge in [0.05, 0.1) is 14.2 Å². The third-order valence-corrected chi connectivity index (χ3v) is 4.62. The molecule has 1 unspecified atom stereocenters. The third-order valence-electron chi connectivity index (χ3n) is 4.62. The van der Waals surface area contributed by atoms with Crippen molar-refractivity contribution < 1.29 is 14.3 Å². The summed E-state index contributed by atoms with van der Waals surface area (Å²) in [6, 6.07) is 15.1. The summed E-state index contributed by atoms with van der Waals surface area (Å²) >= 11 is 0. The fourth-order valence-corrected chi connectivity index (χ4v) is 3.09. The van der Waals surface area contributed by atoms with E-state index in [4.69, 9.17) is 9.47 Å². The van der Waals surface area contributed by atoms with Gasteiger partial charge in [-0.05, 0) is 41.8 Å². The van der Waals surface area contributed by atoms with E-state index in [0.717, 1.165) is 28.5 Å². The maximum absolute atomic E-state index is 12.7. The smallest absolute Gasteiger partial charge is 0.221 e. The molecule has 1 heterocycles. The Hall–Kier alpha value is -3.28. The minimum absolute atomic E-state index is 0.0429. The number of aromatic nitrogens is 2. The van der Waals surface area contributed by atoms with Gasteiger partial charge in [0.2, 0.25) is 5.91 Å². The molecule has 0 aliphatic heterocycles. The number of nitrogens with one attached hydrogen (secondary N) is 1. The van der Waals surface area contributed by atoms with Crippen LogP contribution in [0.4, 0.5) is 0 Å². The summed E-state index contributed by atoms with van der Waals surface area (Å²) in [7, 11) is 5.18. The van der Waals surface area contributed by atoms with Crippen LogP contribution in [0.2, 0.25) is 0 Å². The summed E-state index contributed by atoms with van der Waals surface area (Å²) in [5.74, 6) is 2.25. The molecule has 0 saturated heterocycles. The predicted octanol–water partition coefficient (Wildman–Crippen LogP) is 3.28. The molecule has 0 bridgehead atoms. The molecular weight excluding hydrogens is 354 g/mol. The van der Waals surface area contributed by atoms with Crippen molar-refractivity contribution in [3.63, 3.8) is 0 Å². The van der Waals surface area contributed by atoms with Crippen molar-refractivity contribution >= 4 is 5.91 Å². The first-order chi connectivity index (χ1) is 13.6.